The summed E-state index contributed by atoms with van der Waals surface area (Å²) >= 11 is 0. The second-order valence-electron chi connectivity index (χ2n) is 7.34. The highest BCUT2D eigenvalue weighted by molar-refractivity contribution is 5.92. The molecule has 2 N–H and O–H groups in total. The van der Waals surface area contributed by atoms with Crippen molar-refractivity contribution in [3.8, 4) is 11.3 Å². The summed E-state index contributed by atoms with van der Waals surface area (Å²) in [6.07, 6.45) is 1.29. The third-order valence-electron chi connectivity index (χ3n) is 4.20. The van der Waals surface area contributed by atoms with Crippen molar-refractivity contribution in [2.75, 3.05) is 17.2 Å². The molecule has 0 aliphatic carbocycles. The lowest BCUT2D eigenvalue weighted by Gasteiger charge is -2.10. The molecular formula is C23H24FN3O4. The molecule has 0 atom stereocenters. The van der Waals surface area contributed by atoms with Gasteiger partial charge >= 0.3 is 6.09 Å². The topological polar surface area (TPSA) is 93.5 Å². The number of oxazole rings is 1. The number of benzene rings is 2. The number of amides is 2. The van der Waals surface area contributed by atoms with Crippen molar-refractivity contribution in [1.29, 1.82) is 0 Å². The Balaban J connectivity index is 1.51. The largest absolute Gasteiger partial charge is 0.449 e. The third-order valence-corrected chi connectivity index (χ3v) is 4.20. The first kappa shape index (κ1) is 22.0. The van der Waals surface area contributed by atoms with Gasteiger partial charge in [-0.1, -0.05) is 32.0 Å². The Bertz CT molecular complexity index is 1050. The van der Waals surface area contributed by atoms with Gasteiger partial charge in [0.05, 0.1) is 18.4 Å². The highest BCUT2D eigenvalue weighted by atomic mass is 19.1. The number of rotatable bonds is 8. The summed E-state index contributed by atoms with van der Waals surface area (Å²) in [5.41, 5.74) is 1.36. The molecule has 3 aromatic rings. The predicted octanol–water partition coefficient (Wildman–Crippen LogP) is 5.26. The first-order chi connectivity index (χ1) is 14.9. The number of nitrogens with zero attached hydrogens (tertiary/aromatic N) is 1. The van der Waals surface area contributed by atoms with Gasteiger partial charge in [-0.25, -0.2) is 14.2 Å². The summed E-state index contributed by atoms with van der Waals surface area (Å²) in [6.45, 7) is 4.21. The molecular weight excluding hydrogens is 401 g/mol. The average Bonchev–Trinajstić information content (AvgIpc) is 3.20. The van der Waals surface area contributed by atoms with E-state index in [4.69, 9.17) is 9.15 Å². The fraction of sp³-hybridized carbons (Fsp3) is 0.261. The number of ether oxygens (including phenoxy) is 1. The molecule has 0 saturated heterocycles. The van der Waals surface area contributed by atoms with Crippen molar-refractivity contribution in [2.24, 2.45) is 5.92 Å². The van der Waals surface area contributed by atoms with Crippen LogP contribution in [0.15, 0.2) is 59.1 Å². The minimum atomic E-state index is -0.549. The molecule has 0 unspecified atom stereocenters. The molecule has 0 bridgehead atoms. The number of hydrogen-bond acceptors (Lipinski definition) is 5. The number of carbonyl (C=O) groups excluding carboxylic acids is 2. The van der Waals surface area contributed by atoms with Gasteiger partial charge in [0.1, 0.15) is 5.82 Å². The van der Waals surface area contributed by atoms with Crippen LogP contribution in [0.2, 0.25) is 0 Å². The lowest BCUT2D eigenvalue weighted by Crippen LogP contribution is -2.17. The maximum Gasteiger partial charge on any atom is 0.411 e. The van der Waals surface area contributed by atoms with Gasteiger partial charge in [0, 0.05) is 24.2 Å². The fourth-order valence-electron chi connectivity index (χ4n) is 2.73. The van der Waals surface area contributed by atoms with E-state index in [1.54, 1.807) is 42.5 Å². The van der Waals surface area contributed by atoms with Crippen molar-refractivity contribution in [3.63, 3.8) is 0 Å². The van der Waals surface area contributed by atoms with Crippen LogP contribution >= 0.6 is 0 Å². The van der Waals surface area contributed by atoms with E-state index >= 15 is 0 Å². The van der Waals surface area contributed by atoms with E-state index in [1.807, 2.05) is 13.8 Å². The molecule has 1 aromatic heterocycles. The van der Waals surface area contributed by atoms with Gasteiger partial charge < -0.3 is 14.5 Å². The molecule has 7 nitrogen and oxygen atoms in total. The summed E-state index contributed by atoms with van der Waals surface area (Å²) < 4.78 is 24.5. The van der Waals surface area contributed by atoms with Crippen LogP contribution in [0.5, 0.6) is 0 Å². The second-order valence-corrected chi connectivity index (χ2v) is 7.34. The van der Waals surface area contributed by atoms with E-state index in [0.29, 0.717) is 35.2 Å². The minimum absolute atomic E-state index is 0.130. The predicted molar refractivity (Wildman–Crippen MR) is 115 cm³/mol. The van der Waals surface area contributed by atoms with Gasteiger partial charge in [0.25, 0.3) is 0 Å². The highest BCUT2D eigenvalue weighted by Gasteiger charge is 2.12. The quantitative estimate of drug-likeness (QED) is 0.514. The fourth-order valence-corrected chi connectivity index (χ4v) is 2.73. The highest BCUT2D eigenvalue weighted by Crippen LogP contribution is 2.23. The van der Waals surface area contributed by atoms with Crippen LogP contribution in [-0.4, -0.2) is 23.6 Å². The molecule has 2 amide bonds. The SMILES string of the molecule is CC(C)COC(=O)Nc1cccc(NC(=O)CCc2ncc(-c3ccccc3F)o2)c1. The molecule has 31 heavy (non-hydrogen) atoms. The van der Waals surface area contributed by atoms with E-state index in [9.17, 15) is 14.0 Å². The summed E-state index contributed by atoms with van der Waals surface area (Å²) in [5.74, 6) is 0.255. The number of carbonyl (C=O) groups is 2. The van der Waals surface area contributed by atoms with Crippen LogP contribution in [0.1, 0.15) is 26.2 Å². The number of aromatic nitrogens is 1. The van der Waals surface area contributed by atoms with Crippen LogP contribution in [-0.2, 0) is 16.0 Å². The van der Waals surface area contributed by atoms with Gasteiger partial charge in [0.15, 0.2) is 11.7 Å². The molecule has 2 aromatic carbocycles. The van der Waals surface area contributed by atoms with E-state index in [-0.39, 0.29) is 24.7 Å². The van der Waals surface area contributed by atoms with Crippen LogP contribution in [0, 0.1) is 11.7 Å². The summed E-state index contributed by atoms with van der Waals surface area (Å²) in [5, 5.41) is 5.39. The number of halogens is 1. The molecule has 0 radical (unpaired) electrons. The Kier molecular flexibility index (Phi) is 7.37. The van der Waals surface area contributed by atoms with Gasteiger partial charge in [-0.05, 0) is 36.2 Å². The third kappa shape index (κ3) is 6.67. The van der Waals surface area contributed by atoms with E-state index in [1.165, 1.54) is 12.3 Å². The molecule has 1 heterocycles. The molecule has 0 fully saturated rings. The van der Waals surface area contributed by atoms with Crippen molar-refractivity contribution in [2.45, 2.75) is 26.7 Å². The summed E-state index contributed by atoms with van der Waals surface area (Å²) in [7, 11) is 0. The number of anilines is 2. The first-order valence-electron chi connectivity index (χ1n) is 9.94. The second kappa shape index (κ2) is 10.4. The van der Waals surface area contributed by atoms with Crippen molar-refractivity contribution >= 4 is 23.4 Å². The maximum absolute atomic E-state index is 13.8. The lowest BCUT2D eigenvalue weighted by atomic mass is 10.2. The Morgan fingerprint density at radius 1 is 1.10 bits per heavy atom. The van der Waals surface area contributed by atoms with E-state index < -0.39 is 11.9 Å². The van der Waals surface area contributed by atoms with E-state index in [2.05, 4.69) is 15.6 Å². The smallest absolute Gasteiger partial charge is 0.411 e. The number of hydrogen-bond donors (Lipinski definition) is 2. The molecule has 3 rings (SSSR count). The van der Waals surface area contributed by atoms with Crippen molar-refractivity contribution < 1.29 is 23.1 Å². The molecule has 0 aliphatic rings. The number of nitrogens with one attached hydrogen (secondary N) is 2. The molecule has 0 saturated carbocycles. The van der Waals surface area contributed by atoms with Crippen LogP contribution < -0.4 is 10.6 Å². The number of aryl methyl sites for hydroxylation is 1. The zero-order valence-corrected chi connectivity index (χ0v) is 17.4. The van der Waals surface area contributed by atoms with Crippen LogP contribution in [0.4, 0.5) is 20.6 Å². The lowest BCUT2D eigenvalue weighted by molar-refractivity contribution is -0.116. The average molecular weight is 425 g/mol. The van der Waals surface area contributed by atoms with Crippen LogP contribution in [0.3, 0.4) is 0 Å². The Morgan fingerprint density at radius 3 is 2.58 bits per heavy atom. The van der Waals surface area contributed by atoms with E-state index in [0.717, 1.165) is 0 Å². The summed E-state index contributed by atoms with van der Waals surface area (Å²) in [4.78, 5) is 28.2. The molecule has 0 aliphatic heterocycles. The first-order valence-corrected chi connectivity index (χ1v) is 9.94. The van der Waals surface area contributed by atoms with Crippen molar-refractivity contribution in [3.05, 3.63) is 66.4 Å². The monoisotopic (exact) mass is 425 g/mol. The zero-order chi connectivity index (χ0) is 22.2. The molecule has 8 heteroatoms. The molecule has 162 valence electrons. The van der Waals surface area contributed by atoms with Gasteiger partial charge in [-0.15, -0.1) is 0 Å². The minimum Gasteiger partial charge on any atom is -0.449 e. The Morgan fingerprint density at radius 2 is 1.84 bits per heavy atom. The zero-order valence-electron chi connectivity index (χ0n) is 17.4. The van der Waals surface area contributed by atoms with Gasteiger partial charge in [0.2, 0.25) is 5.91 Å². The van der Waals surface area contributed by atoms with Gasteiger partial charge in [-0.2, -0.15) is 0 Å². The Labute approximate surface area is 179 Å². The maximum atomic E-state index is 13.8. The van der Waals surface area contributed by atoms with Gasteiger partial charge in [-0.3, -0.25) is 10.1 Å². The summed E-state index contributed by atoms with van der Waals surface area (Å²) in [6, 6.07) is 13.0. The van der Waals surface area contributed by atoms with Crippen molar-refractivity contribution in [1.82, 2.24) is 4.98 Å². The normalized spacial score (nSPS) is 10.7. The Hall–Kier alpha value is -3.68. The van der Waals surface area contributed by atoms with Crippen LogP contribution in [0.25, 0.3) is 11.3 Å². The standard InChI is InChI=1S/C23H24FN3O4/c1-15(2)14-30-23(29)27-17-7-5-6-16(12-17)26-21(28)10-11-22-25-13-20(31-22)18-8-3-4-9-19(18)24/h3-9,12-13,15H,10-11,14H2,1-2H3,(H,26,28)(H,27,29). The molecule has 0 spiro atoms.